The molecule has 0 aromatic heterocycles. The molecule has 1 saturated carbocycles. The van der Waals surface area contributed by atoms with Gasteiger partial charge in [0.25, 0.3) is 0 Å². The fourth-order valence-corrected chi connectivity index (χ4v) is 3.56. The van der Waals surface area contributed by atoms with E-state index in [1.807, 2.05) is 0 Å². The Bertz CT molecular complexity index is 478. The molecule has 2 nitrogen and oxygen atoms in total. The van der Waals surface area contributed by atoms with E-state index >= 15 is 0 Å². The number of fused-ring (bicyclic) bond motifs is 2. The normalized spacial score (nSPS) is 30.1. The summed E-state index contributed by atoms with van der Waals surface area (Å²) >= 11 is 0. The summed E-state index contributed by atoms with van der Waals surface area (Å²) in [6.07, 6.45) is 2.70. The summed E-state index contributed by atoms with van der Waals surface area (Å²) in [4.78, 5) is 11.9. The van der Waals surface area contributed by atoms with Gasteiger partial charge in [-0.15, -0.1) is 0 Å². The van der Waals surface area contributed by atoms with Crippen molar-refractivity contribution in [3.8, 4) is 0 Å². The van der Waals surface area contributed by atoms with Crippen LogP contribution in [0.3, 0.4) is 0 Å². The Morgan fingerprint density at radius 1 is 1.24 bits per heavy atom. The van der Waals surface area contributed by atoms with E-state index < -0.39 is 0 Å². The largest absolute Gasteiger partial charge is 0.384 e. The minimum absolute atomic E-state index is 0.169. The van der Waals surface area contributed by atoms with Gasteiger partial charge in [0.1, 0.15) is 5.78 Å². The predicted molar refractivity (Wildman–Crippen MR) is 69.2 cm³/mol. The molecule has 3 rings (SSSR count). The van der Waals surface area contributed by atoms with Gasteiger partial charge in [0.15, 0.2) is 0 Å². The highest BCUT2D eigenvalue weighted by Crippen LogP contribution is 2.50. The van der Waals surface area contributed by atoms with Crippen molar-refractivity contribution in [1.82, 2.24) is 0 Å². The van der Waals surface area contributed by atoms with Crippen LogP contribution in [-0.2, 0) is 10.2 Å². The molecule has 0 bridgehead atoms. The predicted octanol–water partition coefficient (Wildman–Crippen LogP) is 3.13. The molecule has 1 heterocycles. The Morgan fingerprint density at radius 3 is 2.76 bits per heavy atom. The maximum Gasteiger partial charge on any atom is 0.138 e. The summed E-state index contributed by atoms with van der Waals surface area (Å²) in [7, 11) is 0. The highest BCUT2D eigenvalue weighted by molar-refractivity contribution is 5.86. The molecule has 17 heavy (non-hydrogen) atoms. The van der Waals surface area contributed by atoms with Crippen molar-refractivity contribution in [1.29, 1.82) is 0 Å². The number of carbonyl (C=O) groups is 1. The number of rotatable bonds is 0. The monoisotopic (exact) mass is 229 g/mol. The van der Waals surface area contributed by atoms with Crippen LogP contribution in [0.15, 0.2) is 24.3 Å². The van der Waals surface area contributed by atoms with Gasteiger partial charge in [-0.2, -0.15) is 0 Å². The van der Waals surface area contributed by atoms with Gasteiger partial charge in [-0.1, -0.05) is 32.0 Å². The summed E-state index contributed by atoms with van der Waals surface area (Å²) in [5.41, 5.74) is 2.70. The molecule has 1 atom stereocenters. The minimum Gasteiger partial charge on any atom is -0.384 e. The smallest absolute Gasteiger partial charge is 0.138 e. The Hall–Kier alpha value is -1.31. The quantitative estimate of drug-likeness (QED) is 0.740. The zero-order valence-electron chi connectivity index (χ0n) is 10.5. The third-order valence-electron chi connectivity index (χ3n) is 4.48. The summed E-state index contributed by atoms with van der Waals surface area (Å²) in [6.45, 7) is 5.18. The number of nitrogens with one attached hydrogen (secondary N) is 1. The Labute approximate surface area is 102 Å². The van der Waals surface area contributed by atoms with Gasteiger partial charge in [-0.05, 0) is 24.5 Å². The number of anilines is 1. The van der Waals surface area contributed by atoms with Crippen LogP contribution in [-0.4, -0.2) is 12.3 Å². The molecule has 1 aliphatic carbocycles. The van der Waals surface area contributed by atoms with Crippen LogP contribution in [0.5, 0.6) is 0 Å². The van der Waals surface area contributed by atoms with Gasteiger partial charge < -0.3 is 5.32 Å². The van der Waals surface area contributed by atoms with E-state index in [9.17, 15) is 4.79 Å². The molecule has 1 aromatic carbocycles. The van der Waals surface area contributed by atoms with E-state index in [-0.39, 0.29) is 10.8 Å². The Morgan fingerprint density at radius 2 is 2.00 bits per heavy atom. The van der Waals surface area contributed by atoms with Crippen molar-refractivity contribution in [2.75, 3.05) is 11.9 Å². The first-order valence-electron chi connectivity index (χ1n) is 6.40. The van der Waals surface area contributed by atoms with Gasteiger partial charge in [0.2, 0.25) is 0 Å². The summed E-state index contributed by atoms with van der Waals surface area (Å²) < 4.78 is 0. The lowest BCUT2D eigenvalue weighted by molar-refractivity contribution is -0.131. The molecule has 1 N–H and O–H groups in total. The van der Waals surface area contributed by atoms with Crippen LogP contribution in [0, 0.1) is 5.41 Å². The molecule has 1 unspecified atom stereocenters. The van der Waals surface area contributed by atoms with Gasteiger partial charge in [-0.25, -0.2) is 0 Å². The molecular formula is C15H19NO. The second-order valence-corrected chi connectivity index (χ2v) is 6.16. The molecule has 0 radical (unpaired) electrons. The zero-order valence-corrected chi connectivity index (χ0v) is 10.5. The average Bonchev–Trinajstić information content (AvgIpc) is 2.64. The summed E-state index contributed by atoms with van der Waals surface area (Å²) in [5, 5.41) is 3.50. The maximum absolute atomic E-state index is 11.9. The molecule has 1 spiro atoms. The number of para-hydroxylation sites is 1. The van der Waals surface area contributed by atoms with Gasteiger partial charge in [0, 0.05) is 29.5 Å². The van der Waals surface area contributed by atoms with E-state index in [4.69, 9.17) is 0 Å². The summed E-state index contributed by atoms with van der Waals surface area (Å²) in [5.74, 6) is 0.424. The Balaban J connectivity index is 2.02. The van der Waals surface area contributed by atoms with Crippen LogP contribution in [0.1, 0.15) is 38.7 Å². The molecule has 0 amide bonds. The van der Waals surface area contributed by atoms with Crippen LogP contribution in [0.25, 0.3) is 0 Å². The van der Waals surface area contributed by atoms with E-state index in [2.05, 4.69) is 43.4 Å². The molecule has 1 fully saturated rings. The van der Waals surface area contributed by atoms with Crippen molar-refractivity contribution in [2.24, 2.45) is 5.41 Å². The highest BCUT2D eigenvalue weighted by atomic mass is 16.1. The molecule has 0 saturated heterocycles. The van der Waals surface area contributed by atoms with Crippen molar-refractivity contribution in [3.05, 3.63) is 29.8 Å². The van der Waals surface area contributed by atoms with E-state index in [1.165, 1.54) is 11.3 Å². The molecule has 1 aliphatic heterocycles. The number of Topliss-reactive ketones (excluding diaryl/α,β-unsaturated/α-hetero) is 1. The van der Waals surface area contributed by atoms with Crippen LogP contribution >= 0.6 is 0 Å². The number of benzene rings is 1. The standard InChI is InChI=1S/C15H19NO/c1-14(2)9-15(8-7-13(14)17)10-16-12-6-4-3-5-11(12)15/h3-6,16H,7-10H2,1-2H3. The number of hydrogen-bond donors (Lipinski definition) is 1. The first-order chi connectivity index (χ1) is 8.04. The third kappa shape index (κ3) is 1.50. The third-order valence-corrected chi connectivity index (χ3v) is 4.48. The fraction of sp³-hybridized carbons (Fsp3) is 0.533. The van der Waals surface area contributed by atoms with Crippen molar-refractivity contribution in [3.63, 3.8) is 0 Å². The minimum atomic E-state index is -0.169. The molecule has 1 aromatic rings. The fourth-order valence-electron chi connectivity index (χ4n) is 3.56. The van der Waals surface area contributed by atoms with E-state index in [0.717, 1.165) is 25.8 Å². The van der Waals surface area contributed by atoms with Crippen LogP contribution in [0.2, 0.25) is 0 Å². The first-order valence-corrected chi connectivity index (χ1v) is 6.40. The summed E-state index contributed by atoms with van der Waals surface area (Å²) in [6, 6.07) is 8.55. The molecule has 2 aliphatic rings. The number of hydrogen-bond acceptors (Lipinski definition) is 2. The van der Waals surface area contributed by atoms with Crippen molar-refractivity contribution in [2.45, 2.75) is 38.5 Å². The molecule has 90 valence electrons. The lowest BCUT2D eigenvalue weighted by atomic mass is 9.61. The first kappa shape index (κ1) is 10.8. The SMILES string of the molecule is CC1(C)CC2(CCC1=O)CNc1ccccc12. The van der Waals surface area contributed by atoms with E-state index in [0.29, 0.717) is 5.78 Å². The van der Waals surface area contributed by atoms with Crippen molar-refractivity contribution >= 4 is 11.5 Å². The Kier molecular flexibility index (Phi) is 2.13. The van der Waals surface area contributed by atoms with Crippen LogP contribution < -0.4 is 5.32 Å². The average molecular weight is 229 g/mol. The van der Waals surface area contributed by atoms with Crippen molar-refractivity contribution < 1.29 is 4.79 Å². The maximum atomic E-state index is 11.9. The number of carbonyl (C=O) groups excluding carboxylic acids is 1. The second kappa shape index (κ2) is 3.34. The van der Waals surface area contributed by atoms with Crippen LogP contribution in [0.4, 0.5) is 5.69 Å². The van der Waals surface area contributed by atoms with Gasteiger partial charge >= 0.3 is 0 Å². The zero-order chi connectivity index (χ0) is 12.1. The highest BCUT2D eigenvalue weighted by Gasteiger charge is 2.48. The van der Waals surface area contributed by atoms with E-state index in [1.54, 1.807) is 0 Å². The molecular weight excluding hydrogens is 210 g/mol. The second-order valence-electron chi connectivity index (χ2n) is 6.16. The molecule has 2 heteroatoms. The van der Waals surface area contributed by atoms with Gasteiger partial charge in [-0.3, -0.25) is 4.79 Å². The lowest BCUT2D eigenvalue weighted by Crippen LogP contribution is -2.43. The number of ketones is 1. The topological polar surface area (TPSA) is 29.1 Å². The van der Waals surface area contributed by atoms with Gasteiger partial charge in [0.05, 0.1) is 0 Å². The lowest BCUT2D eigenvalue weighted by Gasteiger charge is -2.41.